The number of nitrogens with zero attached hydrogens (tertiary/aromatic N) is 1. The molecule has 96 valence electrons. The number of hydrogen-bond donors (Lipinski definition) is 3. The van der Waals surface area contributed by atoms with Gasteiger partial charge in [-0.15, -0.1) is 0 Å². The molecule has 0 aliphatic heterocycles. The van der Waals surface area contributed by atoms with Crippen molar-refractivity contribution in [3.63, 3.8) is 0 Å². The van der Waals surface area contributed by atoms with Crippen molar-refractivity contribution in [1.29, 1.82) is 0 Å². The summed E-state index contributed by atoms with van der Waals surface area (Å²) in [6.07, 6.45) is 0. The second-order valence-electron chi connectivity index (χ2n) is 3.24. The van der Waals surface area contributed by atoms with Crippen molar-refractivity contribution in [2.75, 3.05) is 13.2 Å². The van der Waals surface area contributed by atoms with Crippen LogP contribution in [0.1, 0.15) is 10.4 Å². The Balaban J connectivity index is 2.69. The molecule has 1 aromatic rings. The Bertz CT molecular complexity index is 478. The number of nitro groups is 1. The van der Waals surface area contributed by atoms with E-state index in [-0.39, 0.29) is 29.5 Å². The normalized spacial score (nSPS) is 9.61. The summed E-state index contributed by atoms with van der Waals surface area (Å²) < 4.78 is 0. The van der Waals surface area contributed by atoms with Crippen LogP contribution in [0.3, 0.4) is 0 Å². The van der Waals surface area contributed by atoms with Crippen molar-refractivity contribution in [2.24, 2.45) is 0 Å². The lowest BCUT2D eigenvalue weighted by molar-refractivity contribution is -0.384. The summed E-state index contributed by atoms with van der Waals surface area (Å²) in [4.78, 5) is 21.6. The van der Waals surface area contributed by atoms with E-state index in [1.807, 2.05) is 0 Å². The summed E-state index contributed by atoms with van der Waals surface area (Å²) in [6.45, 7) is 0.0981. The predicted molar refractivity (Wildman–Crippen MR) is 68.2 cm³/mol. The van der Waals surface area contributed by atoms with Crippen molar-refractivity contribution >= 4 is 28.9 Å². The van der Waals surface area contributed by atoms with Gasteiger partial charge >= 0.3 is 0 Å². The molecule has 8 heteroatoms. The summed E-state index contributed by atoms with van der Waals surface area (Å²) in [7, 11) is 0. The number of thiocarbonyl (C=S) groups is 1. The molecule has 0 aromatic heterocycles. The SMILES string of the molecule is O=C(NC(=S)NCCO)c1cccc([N+](=O)[O-])c1. The number of non-ortho nitro benzene ring substituents is 1. The Kier molecular flexibility index (Phi) is 5.15. The van der Waals surface area contributed by atoms with Gasteiger partial charge < -0.3 is 10.4 Å². The van der Waals surface area contributed by atoms with E-state index >= 15 is 0 Å². The molecular formula is C10H11N3O4S. The lowest BCUT2D eigenvalue weighted by atomic mass is 10.2. The largest absolute Gasteiger partial charge is 0.395 e. The first-order chi connectivity index (χ1) is 8.54. The third-order valence-corrected chi connectivity index (χ3v) is 2.19. The molecule has 0 bridgehead atoms. The van der Waals surface area contributed by atoms with Crippen molar-refractivity contribution in [3.05, 3.63) is 39.9 Å². The molecule has 0 fully saturated rings. The minimum Gasteiger partial charge on any atom is -0.395 e. The van der Waals surface area contributed by atoms with Crippen molar-refractivity contribution < 1.29 is 14.8 Å². The summed E-state index contributed by atoms with van der Waals surface area (Å²) >= 11 is 4.79. The maximum atomic E-state index is 11.7. The Hall–Kier alpha value is -2.06. The van der Waals surface area contributed by atoms with Crippen LogP contribution in [-0.4, -0.2) is 34.2 Å². The standard InChI is InChI=1S/C10H11N3O4S/c14-5-4-11-10(18)12-9(15)7-2-1-3-8(6-7)13(16)17/h1-3,6,14H,4-5H2,(H2,11,12,15,18). The number of nitrogens with one attached hydrogen (secondary N) is 2. The maximum absolute atomic E-state index is 11.7. The van der Waals surface area contributed by atoms with E-state index in [0.717, 1.165) is 6.07 Å². The zero-order valence-corrected chi connectivity index (χ0v) is 10.1. The molecule has 18 heavy (non-hydrogen) atoms. The number of rotatable bonds is 4. The number of aliphatic hydroxyl groups is 1. The van der Waals surface area contributed by atoms with Gasteiger partial charge in [0, 0.05) is 24.2 Å². The molecule has 0 heterocycles. The fraction of sp³-hybridized carbons (Fsp3) is 0.200. The van der Waals surface area contributed by atoms with Crippen LogP contribution in [0.15, 0.2) is 24.3 Å². The monoisotopic (exact) mass is 269 g/mol. The first-order valence-corrected chi connectivity index (χ1v) is 5.40. The minimum atomic E-state index is -0.584. The fourth-order valence-electron chi connectivity index (χ4n) is 1.15. The molecule has 0 atom stereocenters. The number of aliphatic hydroxyl groups excluding tert-OH is 1. The molecule has 0 saturated heterocycles. The molecule has 1 amide bonds. The van der Waals surface area contributed by atoms with Crippen LogP contribution in [0.4, 0.5) is 5.69 Å². The van der Waals surface area contributed by atoms with E-state index in [9.17, 15) is 14.9 Å². The van der Waals surface area contributed by atoms with E-state index in [4.69, 9.17) is 17.3 Å². The van der Waals surface area contributed by atoms with Gasteiger partial charge in [0.25, 0.3) is 11.6 Å². The molecule has 0 spiro atoms. The highest BCUT2D eigenvalue weighted by Gasteiger charge is 2.12. The topological polar surface area (TPSA) is 104 Å². The quantitative estimate of drug-likeness (QED) is 0.409. The fourth-order valence-corrected chi connectivity index (χ4v) is 1.34. The highest BCUT2D eigenvalue weighted by molar-refractivity contribution is 7.80. The third kappa shape index (κ3) is 4.07. The summed E-state index contributed by atoms with van der Waals surface area (Å²) in [5, 5.41) is 24.1. The molecule has 0 saturated carbocycles. The van der Waals surface area contributed by atoms with Gasteiger partial charge in [0.15, 0.2) is 5.11 Å². The minimum absolute atomic E-state index is 0.0561. The smallest absolute Gasteiger partial charge is 0.270 e. The van der Waals surface area contributed by atoms with Gasteiger partial charge in [-0.05, 0) is 18.3 Å². The Morgan fingerprint density at radius 2 is 2.22 bits per heavy atom. The summed E-state index contributed by atoms with van der Waals surface area (Å²) in [6, 6.07) is 5.30. The zero-order valence-electron chi connectivity index (χ0n) is 9.25. The number of amides is 1. The van der Waals surface area contributed by atoms with Crippen LogP contribution < -0.4 is 10.6 Å². The average molecular weight is 269 g/mol. The first-order valence-electron chi connectivity index (χ1n) is 4.99. The van der Waals surface area contributed by atoms with E-state index in [1.54, 1.807) is 0 Å². The van der Waals surface area contributed by atoms with Crippen molar-refractivity contribution in [2.45, 2.75) is 0 Å². The highest BCUT2D eigenvalue weighted by Crippen LogP contribution is 2.12. The number of hydrogen-bond acceptors (Lipinski definition) is 5. The predicted octanol–water partition coefficient (Wildman–Crippen LogP) is 0.191. The second-order valence-corrected chi connectivity index (χ2v) is 3.65. The van der Waals surface area contributed by atoms with Gasteiger partial charge in [-0.3, -0.25) is 20.2 Å². The van der Waals surface area contributed by atoms with Gasteiger partial charge in [0.1, 0.15) is 0 Å². The number of carbonyl (C=O) groups is 1. The highest BCUT2D eigenvalue weighted by atomic mass is 32.1. The Morgan fingerprint density at radius 1 is 1.50 bits per heavy atom. The molecule has 7 nitrogen and oxygen atoms in total. The average Bonchev–Trinajstić information content (AvgIpc) is 2.36. The van der Waals surface area contributed by atoms with E-state index in [0.29, 0.717) is 0 Å². The van der Waals surface area contributed by atoms with Crippen LogP contribution >= 0.6 is 12.2 Å². The van der Waals surface area contributed by atoms with Gasteiger partial charge in [-0.1, -0.05) is 6.07 Å². The van der Waals surface area contributed by atoms with Crippen LogP contribution in [0.25, 0.3) is 0 Å². The van der Waals surface area contributed by atoms with Gasteiger partial charge in [-0.2, -0.15) is 0 Å². The van der Waals surface area contributed by atoms with Crippen LogP contribution in [0.5, 0.6) is 0 Å². The Morgan fingerprint density at radius 3 is 2.83 bits per heavy atom. The molecule has 1 rings (SSSR count). The van der Waals surface area contributed by atoms with Gasteiger partial charge in [0.05, 0.1) is 11.5 Å². The number of nitro benzene ring substituents is 1. The van der Waals surface area contributed by atoms with Gasteiger partial charge in [-0.25, -0.2) is 0 Å². The molecule has 0 radical (unpaired) electrons. The molecule has 0 aliphatic carbocycles. The molecule has 0 unspecified atom stereocenters. The first kappa shape index (κ1) is 14.0. The third-order valence-electron chi connectivity index (χ3n) is 1.94. The van der Waals surface area contributed by atoms with E-state index in [1.165, 1.54) is 18.2 Å². The molecule has 0 aliphatic rings. The zero-order chi connectivity index (χ0) is 13.5. The second kappa shape index (κ2) is 6.62. The van der Waals surface area contributed by atoms with Gasteiger partial charge in [0.2, 0.25) is 0 Å². The van der Waals surface area contributed by atoms with Crippen molar-refractivity contribution in [1.82, 2.24) is 10.6 Å². The van der Waals surface area contributed by atoms with E-state index in [2.05, 4.69) is 10.6 Å². The van der Waals surface area contributed by atoms with Crippen molar-refractivity contribution in [3.8, 4) is 0 Å². The Labute approximate surface area is 108 Å². The van der Waals surface area contributed by atoms with E-state index < -0.39 is 10.8 Å². The summed E-state index contributed by atoms with van der Waals surface area (Å²) in [5.41, 5.74) is -0.0331. The van der Waals surface area contributed by atoms with Crippen LogP contribution in [-0.2, 0) is 0 Å². The van der Waals surface area contributed by atoms with Crippen LogP contribution in [0.2, 0.25) is 0 Å². The van der Waals surface area contributed by atoms with Crippen LogP contribution in [0, 0.1) is 10.1 Å². The molecular weight excluding hydrogens is 258 g/mol. The lowest BCUT2D eigenvalue weighted by Crippen LogP contribution is -2.40. The lowest BCUT2D eigenvalue weighted by Gasteiger charge is -2.07. The summed E-state index contributed by atoms with van der Waals surface area (Å²) in [5.74, 6) is -0.547. The molecule has 1 aromatic carbocycles. The number of benzene rings is 1. The number of carbonyl (C=O) groups excluding carboxylic acids is 1. The molecule has 3 N–H and O–H groups in total. The maximum Gasteiger partial charge on any atom is 0.270 e.